The van der Waals surface area contributed by atoms with Gasteiger partial charge in [-0.1, -0.05) is 23.4 Å². The van der Waals surface area contributed by atoms with Gasteiger partial charge < -0.3 is 25.0 Å². The maximum atomic E-state index is 6.17. The molecule has 1 saturated heterocycles. The zero-order valence-electron chi connectivity index (χ0n) is 19.9. The number of hydrogen-bond donors (Lipinski definition) is 2. The van der Waals surface area contributed by atoms with Crippen LogP contribution in [0.5, 0.6) is 5.75 Å². The second-order valence-corrected chi connectivity index (χ2v) is 9.22. The van der Waals surface area contributed by atoms with Crippen molar-refractivity contribution >= 4 is 5.69 Å². The molecule has 1 aliphatic heterocycles. The lowest BCUT2D eigenvalue weighted by molar-refractivity contribution is 0.0381. The van der Waals surface area contributed by atoms with Gasteiger partial charge in [0, 0.05) is 43.3 Å². The highest BCUT2D eigenvalue weighted by Gasteiger charge is 2.26. The van der Waals surface area contributed by atoms with Crippen LogP contribution < -0.4 is 15.8 Å². The number of nitrogens with zero attached hydrogens (tertiary/aromatic N) is 3. The van der Waals surface area contributed by atoms with E-state index in [0.29, 0.717) is 29.2 Å². The Morgan fingerprint density at radius 1 is 1.21 bits per heavy atom. The minimum Gasteiger partial charge on any atom is -0.489 e. The zero-order valence-corrected chi connectivity index (χ0v) is 19.9. The molecule has 8 heteroatoms. The highest BCUT2D eigenvalue weighted by atomic mass is 16.5. The summed E-state index contributed by atoms with van der Waals surface area (Å²) in [5.74, 6) is 1.72. The van der Waals surface area contributed by atoms with Gasteiger partial charge in [0.2, 0.25) is 5.82 Å². The topological polar surface area (TPSA) is 98.7 Å². The maximum Gasteiger partial charge on any atom is 0.258 e. The van der Waals surface area contributed by atoms with Crippen LogP contribution in [0.25, 0.3) is 22.8 Å². The smallest absolute Gasteiger partial charge is 0.258 e. The molecule has 1 fully saturated rings. The van der Waals surface area contributed by atoms with Crippen molar-refractivity contribution in [1.82, 2.24) is 20.4 Å². The largest absolute Gasteiger partial charge is 0.489 e. The molecule has 8 nitrogen and oxygen atoms in total. The monoisotopic (exact) mass is 463 g/mol. The summed E-state index contributed by atoms with van der Waals surface area (Å²) in [6.45, 7) is 9.68. The Balaban J connectivity index is 1.29. The fourth-order valence-electron chi connectivity index (χ4n) is 4.79. The molecular formula is C26H33N5O3. The quantitative estimate of drug-likeness (QED) is 0.488. The summed E-state index contributed by atoms with van der Waals surface area (Å²) in [5, 5.41) is 8.04. The molecule has 180 valence electrons. The fraction of sp³-hybridized carbons (Fsp3) is 0.462. The van der Waals surface area contributed by atoms with Crippen molar-refractivity contribution in [2.45, 2.75) is 38.8 Å². The number of nitrogens with two attached hydrogens (primary N) is 1. The fourth-order valence-corrected chi connectivity index (χ4v) is 4.79. The van der Waals surface area contributed by atoms with Gasteiger partial charge in [0.1, 0.15) is 5.75 Å². The number of benzene rings is 2. The molecule has 3 N–H and O–H groups in total. The minimum absolute atomic E-state index is 0.0565. The summed E-state index contributed by atoms with van der Waals surface area (Å²) in [6, 6.07) is 12.3. The van der Waals surface area contributed by atoms with E-state index in [1.165, 1.54) is 11.1 Å². The standard InChI is InChI=1S/C26H33N5O3/c1-17(2)33-24-9-6-18(16-22(24)27)26-29-25(30-34-26)21-5-3-4-20-19(21)7-8-23(20)28-10-11-31-12-14-32-15-13-31/h3-6,9,16-17,23,28H,7-8,10-15,27H2,1-2H3. The van der Waals surface area contributed by atoms with Crippen LogP contribution in [-0.2, 0) is 11.2 Å². The molecule has 1 atom stereocenters. The van der Waals surface area contributed by atoms with E-state index in [2.05, 4.69) is 33.6 Å². The number of rotatable bonds is 8. The summed E-state index contributed by atoms with van der Waals surface area (Å²) in [7, 11) is 0. The molecule has 0 saturated carbocycles. The van der Waals surface area contributed by atoms with Gasteiger partial charge in [-0.05, 0) is 56.0 Å². The number of nitrogens with one attached hydrogen (secondary N) is 1. The number of fused-ring (bicyclic) bond motifs is 1. The van der Waals surface area contributed by atoms with E-state index in [-0.39, 0.29) is 6.10 Å². The molecule has 1 aromatic heterocycles. The number of morpholine rings is 1. The van der Waals surface area contributed by atoms with Crippen LogP contribution in [0.3, 0.4) is 0 Å². The van der Waals surface area contributed by atoms with E-state index in [9.17, 15) is 0 Å². The lowest BCUT2D eigenvalue weighted by Gasteiger charge is -2.27. The Morgan fingerprint density at radius 3 is 2.85 bits per heavy atom. The predicted octanol–water partition coefficient (Wildman–Crippen LogP) is 3.68. The van der Waals surface area contributed by atoms with Gasteiger partial charge in [0.25, 0.3) is 5.89 Å². The first-order chi connectivity index (χ1) is 16.6. The molecule has 34 heavy (non-hydrogen) atoms. The molecule has 0 spiro atoms. The molecule has 3 aromatic rings. The average Bonchev–Trinajstić information content (AvgIpc) is 3.49. The Hall–Kier alpha value is -2.94. The van der Waals surface area contributed by atoms with Crippen LogP contribution in [0.1, 0.15) is 37.4 Å². The SMILES string of the molecule is CC(C)Oc1ccc(-c2nc(-c3cccc4c3CCC4NCCN3CCOCC3)no2)cc1N. The van der Waals surface area contributed by atoms with Crippen LogP contribution in [-0.4, -0.2) is 60.5 Å². The van der Waals surface area contributed by atoms with Gasteiger partial charge in [0.05, 0.1) is 25.0 Å². The van der Waals surface area contributed by atoms with E-state index in [1.807, 2.05) is 32.0 Å². The van der Waals surface area contributed by atoms with Crippen molar-refractivity contribution < 1.29 is 14.0 Å². The average molecular weight is 464 g/mol. The summed E-state index contributed by atoms with van der Waals surface area (Å²) in [6.07, 6.45) is 2.13. The molecule has 1 unspecified atom stereocenters. The van der Waals surface area contributed by atoms with Gasteiger partial charge in [-0.15, -0.1) is 0 Å². The molecule has 5 rings (SSSR count). The Labute approximate surface area is 200 Å². The molecule has 0 amide bonds. The maximum absolute atomic E-state index is 6.17. The van der Waals surface area contributed by atoms with Gasteiger partial charge >= 0.3 is 0 Å². The van der Waals surface area contributed by atoms with Crippen LogP contribution in [0.4, 0.5) is 5.69 Å². The highest BCUT2D eigenvalue weighted by molar-refractivity contribution is 5.69. The third-order valence-electron chi connectivity index (χ3n) is 6.48. The molecular weight excluding hydrogens is 430 g/mol. The summed E-state index contributed by atoms with van der Waals surface area (Å²) in [5.41, 5.74) is 11.2. The first-order valence-corrected chi connectivity index (χ1v) is 12.1. The summed E-state index contributed by atoms with van der Waals surface area (Å²) in [4.78, 5) is 7.15. The molecule has 0 radical (unpaired) electrons. The number of anilines is 1. The van der Waals surface area contributed by atoms with Gasteiger partial charge in [0.15, 0.2) is 0 Å². The normalized spacial score (nSPS) is 18.4. The number of aromatic nitrogens is 2. The molecule has 1 aliphatic carbocycles. The number of hydrogen-bond acceptors (Lipinski definition) is 8. The first-order valence-electron chi connectivity index (χ1n) is 12.1. The molecule has 2 aromatic carbocycles. The van der Waals surface area contributed by atoms with Gasteiger partial charge in [-0.3, -0.25) is 4.90 Å². The summed E-state index contributed by atoms with van der Waals surface area (Å²) < 4.78 is 16.8. The lowest BCUT2D eigenvalue weighted by Crippen LogP contribution is -2.40. The van der Waals surface area contributed by atoms with Crippen LogP contribution in [0.15, 0.2) is 40.9 Å². The second kappa shape index (κ2) is 10.1. The van der Waals surface area contributed by atoms with E-state index in [4.69, 9.17) is 24.7 Å². The first kappa shape index (κ1) is 22.8. The Morgan fingerprint density at radius 2 is 2.06 bits per heavy atom. The molecule has 2 heterocycles. The van der Waals surface area contributed by atoms with E-state index >= 15 is 0 Å². The molecule has 2 aliphatic rings. The van der Waals surface area contributed by atoms with Crippen LogP contribution in [0, 0.1) is 0 Å². The Kier molecular flexibility index (Phi) is 6.80. The summed E-state index contributed by atoms with van der Waals surface area (Å²) >= 11 is 0. The van der Waals surface area contributed by atoms with E-state index in [0.717, 1.165) is 63.4 Å². The van der Waals surface area contributed by atoms with Crippen molar-refractivity contribution in [3.63, 3.8) is 0 Å². The van der Waals surface area contributed by atoms with Gasteiger partial charge in [-0.2, -0.15) is 4.98 Å². The molecule has 0 bridgehead atoms. The Bertz CT molecular complexity index is 1120. The van der Waals surface area contributed by atoms with Crippen LogP contribution >= 0.6 is 0 Å². The van der Waals surface area contributed by atoms with Gasteiger partial charge in [-0.25, -0.2) is 0 Å². The second-order valence-electron chi connectivity index (χ2n) is 9.22. The van der Waals surface area contributed by atoms with Crippen molar-refractivity contribution in [1.29, 1.82) is 0 Å². The van der Waals surface area contributed by atoms with E-state index < -0.39 is 0 Å². The van der Waals surface area contributed by atoms with Crippen molar-refractivity contribution in [2.24, 2.45) is 0 Å². The number of nitrogen functional groups attached to an aromatic ring is 1. The lowest BCUT2D eigenvalue weighted by atomic mass is 10.0. The number of ether oxygens (including phenoxy) is 2. The highest BCUT2D eigenvalue weighted by Crippen LogP contribution is 2.37. The van der Waals surface area contributed by atoms with Crippen molar-refractivity contribution in [2.75, 3.05) is 45.1 Å². The van der Waals surface area contributed by atoms with Crippen molar-refractivity contribution in [3.05, 3.63) is 47.5 Å². The predicted molar refractivity (Wildman–Crippen MR) is 132 cm³/mol. The van der Waals surface area contributed by atoms with E-state index in [1.54, 1.807) is 0 Å². The third kappa shape index (κ3) is 4.94. The zero-order chi connectivity index (χ0) is 23.5. The van der Waals surface area contributed by atoms with Crippen molar-refractivity contribution in [3.8, 4) is 28.6 Å². The van der Waals surface area contributed by atoms with Crippen LogP contribution in [0.2, 0.25) is 0 Å². The third-order valence-corrected chi connectivity index (χ3v) is 6.48. The minimum atomic E-state index is 0.0565.